The summed E-state index contributed by atoms with van der Waals surface area (Å²) in [4.78, 5) is 26.1. The van der Waals surface area contributed by atoms with Crippen molar-refractivity contribution in [3.63, 3.8) is 0 Å². The normalized spacial score (nSPS) is 13.8. The molecule has 0 atom stereocenters. The minimum atomic E-state index is -0.101. The van der Waals surface area contributed by atoms with E-state index < -0.39 is 0 Å². The van der Waals surface area contributed by atoms with Crippen molar-refractivity contribution in [2.45, 2.75) is 12.7 Å². The topological polar surface area (TPSA) is 100 Å². The lowest BCUT2D eigenvalue weighted by molar-refractivity contribution is -0.134. The van der Waals surface area contributed by atoms with E-state index in [2.05, 4.69) is 26.8 Å². The van der Waals surface area contributed by atoms with Gasteiger partial charge in [-0.05, 0) is 23.8 Å². The highest BCUT2D eigenvalue weighted by molar-refractivity contribution is 5.90. The summed E-state index contributed by atoms with van der Waals surface area (Å²) in [6.45, 7) is 4.47. The van der Waals surface area contributed by atoms with Gasteiger partial charge in [0.1, 0.15) is 18.2 Å². The van der Waals surface area contributed by atoms with Gasteiger partial charge in [0.15, 0.2) is 0 Å². The molecule has 0 radical (unpaired) electrons. The summed E-state index contributed by atoms with van der Waals surface area (Å²) in [5, 5.41) is 13.3. The first kappa shape index (κ1) is 17.9. The predicted octanol–water partition coefficient (Wildman–Crippen LogP) is 2.04. The summed E-state index contributed by atoms with van der Waals surface area (Å²) >= 11 is 0. The van der Waals surface area contributed by atoms with Crippen molar-refractivity contribution in [2.24, 2.45) is 0 Å². The maximum Gasteiger partial charge on any atom is 0.246 e. The van der Waals surface area contributed by atoms with E-state index in [1.165, 1.54) is 12.4 Å². The van der Waals surface area contributed by atoms with Crippen LogP contribution in [0.3, 0.4) is 0 Å². The molecule has 1 aromatic carbocycles. The fourth-order valence-electron chi connectivity index (χ4n) is 2.98. The molecule has 1 saturated heterocycles. The molecule has 0 saturated carbocycles. The number of anilines is 2. The van der Waals surface area contributed by atoms with E-state index in [1.807, 2.05) is 24.3 Å². The first-order valence-corrected chi connectivity index (χ1v) is 8.82. The molecule has 2 N–H and O–H groups in total. The van der Waals surface area contributed by atoms with Crippen LogP contribution in [0.1, 0.15) is 5.56 Å². The molecule has 3 aromatic rings. The quantitative estimate of drug-likeness (QED) is 0.634. The molecular formula is C20H19N5O3. The molecular weight excluding hydrogens is 358 g/mol. The first-order valence-electron chi connectivity index (χ1n) is 8.82. The molecule has 1 aliphatic rings. The molecule has 4 rings (SSSR count). The molecule has 0 aliphatic carbocycles. The van der Waals surface area contributed by atoms with E-state index in [9.17, 15) is 9.90 Å². The van der Waals surface area contributed by atoms with Gasteiger partial charge in [-0.1, -0.05) is 18.7 Å². The maximum atomic E-state index is 11.5. The van der Waals surface area contributed by atoms with Gasteiger partial charge in [-0.2, -0.15) is 0 Å². The largest absolute Gasteiger partial charge is 0.471 e. The minimum Gasteiger partial charge on any atom is -0.471 e. The molecule has 0 unspecified atom stereocenters. The molecule has 1 amide bonds. The number of hydrogen-bond donors (Lipinski definition) is 2. The first-order chi connectivity index (χ1) is 13.7. The Bertz CT molecular complexity index is 1030. The molecule has 1 aliphatic heterocycles. The lowest BCUT2D eigenvalue weighted by Gasteiger charge is -2.37. The van der Waals surface area contributed by atoms with E-state index in [4.69, 9.17) is 4.74 Å². The number of aliphatic hydroxyl groups is 1. The van der Waals surface area contributed by atoms with Crippen LogP contribution in [-0.4, -0.2) is 50.1 Å². The predicted molar refractivity (Wildman–Crippen MR) is 104 cm³/mol. The minimum absolute atomic E-state index is 0.0330. The molecule has 142 valence electrons. The number of aromatic nitrogens is 3. The zero-order valence-corrected chi connectivity index (χ0v) is 15.1. The number of carbonyl (C=O) groups excluding carboxylic acids is 1. The Kier molecular flexibility index (Phi) is 4.86. The van der Waals surface area contributed by atoms with Crippen LogP contribution in [0.15, 0.2) is 55.5 Å². The van der Waals surface area contributed by atoms with Crippen molar-refractivity contribution >= 4 is 28.3 Å². The number of aliphatic hydroxyl groups excluding tert-OH is 1. The van der Waals surface area contributed by atoms with E-state index in [0.717, 1.165) is 16.6 Å². The second-order valence-electron chi connectivity index (χ2n) is 6.43. The summed E-state index contributed by atoms with van der Waals surface area (Å²) < 4.78 is 5.87. The molecule has 0 bridgehead atoms. The molecule has 8 heteroatoms. The van der Waals surface area contributed by atoms with Crippen LogP contribution in [0, 0.1) is 0 Å². The highest BCUT2D eigenvalue weighted by atomic mass is 16.5. The molecule has 2 aromatic heterocycles. The van der Waals surface area contributed by atoms with Gasteiger partial charge in [0.05, 0.1) is 31.4 Å². The van der Waals surface area contributed by atoms with Gasteiger partial charge in [0, 0.05) is 17.1 Å². The second-order valence-corrected chi connectivity index (χ2v) is 6.43. The average Bonchev–Trinajstić information content (AvgIpc) is 2.70. The lowest BCUT2D eigenvalue weighted by atomic mass is 10.1. The van der Waals surface area contributed by atoms with Crippen LogP contribution in [0.25, 0.3) is 10.9 Å². The number of ether oxygens (including phenoxy) is 1. The van der Waals surface area contributed by atoms with Gasteiger partial charge < -0.3 is 20.1 Å². The van der Waals surface area contributed by atoms with Crippen molar-refractivity contribution in [2.75, 3.05) is 18.4 Å². The Labute approximate surface area is 161 Å². The smallest absolute Gasteiger partial charge is 0.246 e. The highest BCUT2D eigenvalue weighted by Gasteiger charge is 2.31. The molecule has 8 nitrogen and oxygen atoms in total. The van der Waals surface area contributed by atoms with E-state index in [0.29, 0.717) is 30.3 Å². The molecule has 3 heterocycles. The van der Waals surface area contributed by atoms with E-state index in [1.54, 1.807) is 17.2 Å². The van der Waals surface area contributed by atoms with E-state index >= 15 is 0 Å². The summed E-state index contributed by atoms with van der Waals surface area (Å²) in [5.74, 6) is 0.964. The number of hydrogen-bond acceptors (Lipinski definition) is 7. The number of likely N-dealkylation sites (tertiary alicyclic amines) is 1. The molecule has 1 fully saturated rings. The summed E-state index contributed by atoms with van der Waals surface area (Å²) in [6.07, 6.45) is 4.29. The Balaban J connectivity index is 1.54. The Hall–Kier alpha value is -3.52. The summed E-state index contributed by atoms with van der Waals surface area (Å²) in [6, 6.07) is 9.24. The van der Waals surface area contributed by atoms with Gasteiger partial charge in [-0.3, -0.25) is 4.79 Å². The van der Waals surface area contributed by atoms with Crippen LogP contribution in [0.5, 0.6) is 5.88 Å². The number of nitrogens with one attached hydrogen (secondary N) is 1. The van der Waals surface area contributed by atoms with Gasteiger partial charge in [-0.25, -0.2) is 15.0 Å². The summed E-state index contributed by atoms with van der Waals surface area (Å²) in [7, 11) is 0. The zero-order chi connectivity index (χ0) is 19.5. The average molecular weight is 377 g/mol. The van der Waals surface area contributed by atoms with Crippen molar-refractivity contribution in [1.82, 2.24) is 19.9 Å². The number of carbonyl (C=O) groups is 1. The molecule has 28 heavy (non-hydrogen) atoms. The third-order valence-electron chi connectivity index (χ3n) is 4.49. The fourth-order valence-corrected chi connectivity index (χ4v) is 2.98. The van der Waals surface area contributed by atoms with Crippen LogP contribution in [-0.2, 0) is 11.4 Å². The third-order valence-corrected chi connectivity index (χ3v) is 4.49. The molecule has 0 spiro atoms. The van der Waals surface area contributed by atoms with Crippen LogP contribution < -0.4 is 10.1 Å². The van der Waals surface area contributed by atoms with Gasteiger partial charge in [0.2, 0.25) is 11.8 Å². The Morgan fingerprint density at radius 1 is 1.32 bits per heavy atom. The van der Waals surface area contributed by atoms with Crippen LogP contribution >= 0.6 is 0 Å². The number of fused-ring (bicyclic) bond motifs is 1. The zero-order valence-electron chi connectivity index (χ0n) is 15.1. The Morgan fingerprint density at radius 3 is 2.96 bits per heavy atom. The lowest BCUT2D eigenvalue weighted by Crippen LogP contribution is -2.55. The number of pyridine rings is 1. The maximum absolute atomic E-state index is 11.5. The number of nitrogens with zero attached hydrogens (tertiary/aromatic N) is 4. The van der Waals surface area contributed by atoms with Crippen molar-refractivity contribution in [3.8, 4) is 5.88 Å². The highest BCUT2D eigenvalue weighted by Crippen LogP contribution is 2.26. The third kappa shape index (κ3) is 3.63. The Morgan fingerprint density at radius 2 is 2.18 bits per heavy atom. The van der Waals surface area contributed by atoms with Crippen LogP contribution in [0.2, 0.25) is 0 Å². The number of amides is 1. The van der Waals surface area contributed by atoms with Gasteiger partial charge >= 0.3 is 0 Å². The monoisotopic (exact) mass is 377 g/mol. The number of rotatable bonds is 6. The fraction of sp³-hybridized carbons (Fsp3) is 0.200. The van der Waals surface area contributed by atoms with Gasteiger partial charge in [-0.15, -0.1) is 0 Å². The van der Waals surface area contributed by atoms with Crippen molar-refractivity contribution in [1.29, 1.82) is 0 Å². The van der Waals surface area contributed by atoms with Crippen molar-refractivity contribution in [3.05, 3.63) is 61.1 Å². The standard InChI is InChI=1S/C20H19N5O3/c1-2-19(27)25-9-15(10-25)28-18-7-16-17(8-21-18)22-12-23-20(16)24-14-5-3-4-13(6-14)11-26/h2-8,12,15,26H,1,9-11H2,(H,22,23,24). The van der Waals surface area contributed by atoms with E-state index in [-0.39, 0.29) is 18.6 Å². The number of benzene rings is 1. The second kappa shape index (κ2) is 7.61. The van der Waals surface area contributed by atoms with Crippen LogP contribution in [0.4, 0.5) is 11.5 Å². The van der Waals surface area contributed by atoms with Gasteiger partial charge in [0.25, 0.3) is 0 Å². The van der Waals surface area contributed by atoms with Crippen molar-refractivity contribution < 1.29 is 14.6 Å². The summed E-state index contributed by atoms with van der Waals surface area (Å²) in [5.41, 5.74) is 2.29. The SMILES string of the molecule is C=CC(=O)N1CC(Oc2cc3c(Nc4cccc(CO)c4)ncnc3cn2)C1.